The maximum atomic E-state index is 13.7. The van der Waals surface area contributed by atoms with Crippen molar-refractivity contribution < 1.29 is 19.2 Å². The Bertz CT molecular complexity index is 2410. The second-order valence-electron chi connectivity index (χ2n) is 17.1. The Morgan fingerprint density at radius 1 is 0.807 bits per heavy atom. The number of fused-ring (bicyclic) bond motifs is 8. The number of aromatic nitrogens is 2. The van der Waals surface area contributed by atoms with Crippen molar-refractivity contribution in [3.8, 4) is 5.69 Å². The van der Waals surface area contributed by atoms with Crippen LogP contribution in [0.2, 0.25) is 5.02 Å². The first-order valence-electron chi connectivity index (χ1n) is 20.9. The largest absolute Gasteiger partial charge is 0.371 e. The molecule has 57 heavy (non-hydrogen) atoms. The van der Waals surface area contributed by atoms with Crippen LogP contribution in [0.4, 0.5) is 5.69 Å². The molecule has 4 aromatic rings. The van der Waals surface area contributed by atoms with Gasteiger partial charge in [-0.3, -0.25) is 38.8 Å². The van der Waals surface area contributed by atoms with Crippen molar-refractivity contribution in [1.29, 1.82) is 0 Å². The Morgan fingerprint density at radius 2 is 1.58 bits per heavy atom. The smallest absolute Gasteiger partial charge is 0.282 e. The molecule has 6 aliphatic rings. The molecule has 1 saturated carbocycles. The van der Waals surface area contributed by atoms with E-state index in [1.165, 1.54) is 23.2 Å². The highest BCUT2D eigenvalue weighted by Crippen LogP contribution is 2.52. The number of halogens is 1. The zero-order valence-corrected chi connectivity index (χ0v) is 32.9. The predicted molar refractivity (Wildman–Crippen MR) is 217 cm³/mol. The van der Waals surface area contributed by atoms with Gasteiger partial charge in [0, 0.05) is 19.5 Å². The zero-order chi connectivity index (χ0) is 39.0. The number of hydrogen-bond donors (Lipinski definition) is 1. The van der Waals surface area contributed by atoms with Gasteiger partial charge in [0.15, 0.2) is 0 Å². The summed E-state index contributed by atoms with van der Waals surface area (Å²) in [6.45, 7) is 4.79. The molecule has 11 nitrogen and oxygen atoms in total. The van der Waals surface area contributed by atoms with Crippen LogP contribution in [0.3, 0.4) is 0 Å². The lowest BCUT2D eigenvalue weighted by atomic mass is 9.69. The van der Waals surface area contributed by atoms with Crippen molar-refractivity contribution in [2.45, 2.75) is 94.4 Å². The van der Waals surface area contributed by atoms with Crippen LogP contribution in [0.5, 0.6) is 0 Å². The van der Waals surface area contributed by atoms with Crippen molar-refractivity contribution in [2.24, 2.45) is 5.92 Å². The molecule has 0 radical (unpaired) electrons. The van der Waals surface area contributed by atoms with Crippen LogP contribution in [-0.4, -0.2) is 81.7 Å². The molecule has 1 aliphatic carbocycles. The molecular formula is C45H47ClN6O5. The van der Waals surface area contributed by atoms with E-state index in [2.05, 4.69) is 37.9 Å². The van der Waals surface area contributed by atoms with Gasteiger partial charge in [0.1, 0.15) is 11.9 Å². The number of nitrogens with zero attached hydrogens (tertiary/aromatic N) is 5. The van der Waals surface area contributed by atoms with Crippen LogP contribution in [0.25, 0.3) is 16.6 Å². The number of rotatable bonds is 6. The third kappa shape index (κ3) is 5.94. The molecule has 12 heteroatoms. The number of amides is 4. The summed E-state index contributed by atoms with van der Waals surface area (Å²) in [6, 6.07) is 17.2. The molecule has 1 N–H and O–H groups in total. The van der Waals surface area contributed by atoms with E-state index in [-0.39, 0.29) is 29.7 Å². The molecule has 4 amide bonds. The number of benzene rings is 3. The van der Waals surface area contributed by atoms with Gasteiger partial charge in [-0.05, 0) is 124 Å². The number of likely N-dealkylation sites (tertiary alicyclic amines) is 1. The van der Waals surface area contributed by atoms with Gasteiger partial charge in [-0.15, -0.1) is 0 Å². The molecule has 6 heterocycles. The van der Waals surface area contributed by atoms with Gasteiger partial charge >= 0.3 is 0 Å². The highest BCUT2D eigenvalue weighted by atomic mass is 35.5. The summed E-state index contributed by atoms with van der Waals surface area (Å²) >= 11 is 6.60. The van der Waals surface area contributed by atoms with Gasteiger partial charge in [-0.2, -0.15) is 4.98 Å². The first-order chi connectivity index (χ1) is 27.7. The molecule has 4 fully saturated rings. The lowest BCUT2D eigenvalue weighted by Gasteiger charge is -2.37. The van der Waals surface area contributed by atoms with E-state index in [0.29, 0.717) is 33.4 Å². The van der Waals surface area contributed by atoms with Crippen LogP contribution in [0, 0.1) is 5.92 Å². The fourth-order valence-electron chi connectivity index (χ4n) is 11.0. The molecule has 1 spiro atoms. The van der Waals surface area contributed by atoms with Crippen molar-refractivity contribution in [3.05, 3.63) is 98.1 Å². The van der Waals surface area contributed by atoms with Gasteiger partial charge in [0.2, 0.25) is 11.8 Å². The summed E-state index contributed by atoms with van der Waals surface area (Å²) < 4.78 is 2.26. The third-order valence-corrected chi connectivity index (χ3v) is 14.4. The summed E-state index contributed by atoms with van der Waals surface area (Å²) in [5.74, 6) is 0.0597. The van der Waals surface area contributed by atoms with E-state index < -0.39 is 23.8 Å². The van der Waals surface area contributed by atoms with Crippen molar-refractivity contribution >= 4 is 51.8 Å². The number of nitrogens with one attached hydrogen (secondary N) is 1. The normalized spacial score (nSPS) is 22.6. The minimum Gasteiger partial charge on any atom is -0.371 e. The van der Waals surface area contributed by atoms with Gasteiger partial charge in [-0.1, -0.05) is 55.1 Å². The topological polar surface area (TPSA) is 125 Å². The minimum atomic E-state index is -0.968. The molecule has 10 rings (SSSR count). The van der Waals surface area contributed by atoms with Gasteiger partial charge < -0.3 is 9.80 Å². The van der Waals surface area contributed by atoms with Crippen molar-refractivity contribution in [3.63, 3.8) is 0 Å². The zero-order valence-electron chi connectivity index (χ0n) is 32.1. The predicted octanol–water partition coefficient (Wildman–Crippen LogP) is 6.49. The third-order valence-electron chi connectivity index (χ3n) is 14.1. The molecule has 294 valence electrons. The molecular weight excluding hydrogens is 740 g/mol. The Labute approximate surface area is 336 Å². The van der Waals surface area contributed by atoms with E-state index in [1.807, 2.05) is 24.3 Å². The average Bonchev–Trinajstić information content (AvgIpc) is 3.63. The molecule has 0 bridgehead atoms. The van der Waals surface area contributed by atoms with Gasteiger partial charge in [0.25, 0.3) is 17.4 Å². The summed E-state index contributed by atoms with van der Waals surface area (Å²) in [4.78, 5) is 75.4. The van der Waals surface area contributed by atoms with E-state index in [9.17, 15) is 24.0 Å². The van der Waals surface area contributed by atoms with Crippen molar-refractivity contribution in [1.82, 2.24) is 24.7 Å². The van der Waals surface area contributed by atoms with E-state index >= 15 is 0 Å². The molecule has 1 unspecified atom stereocenters. The summed E-state index contributed by atoms with van der Waals surface area (Å²) in [6.07, 6.45) is 11.1. The second-order valence-corrected chi connectivity index (χ2v) is 17.5. The van der Waals surface area contributed by atoms with E-state index in [1.54, 1.807) is 12.1 Å². The van der Waals surface area contributed by atoms with Crippen molar-refractivity contribution in [2.75, 3.05) is 37.6 Å². The first-order valence-corrected chi connectivity index (χ1v) is 21.3. The Morgan fingerprint density at radius 3 is 2.35 bits per heavy atom. The highest BCUT2D eigenvalue weighted by Gasteiger charge is 2.48. The summed E-state index contributed by atoms with van der Waals surface area (Å²) in [5, 5.41) is 3.23. The minimum absolute atomic E-state index is 0.101. The SMILES string of the molecule is O=C1CCC(N2C(=O)c3cccc(N4CCC(CCN5CCC(c6ccc7c(c6)-n6c(nc(=O)c8c(Cl)cccc86)C76CCCCC6)CC5)CC4)c3C2=O)C(=O)N1. The monoisotopic (exact) mass is 786 g/mol. The Balaban J connectivity index is 0.779. The van der Waals surface area contributed by atoms with Crippen LogP contribution in [0.15, 0.2) is 59.4 Å². The maximum absolute atomic E-state index is 13.7. The quantitative estimate of drug-likeness (QED) is 0.220. The lowest BCUT2D eigenvalue weighted by Crippen LogP contribution is -2.54. The standard InChI is InChI=1S/C45H47ClN6O5/c46-32-7-5-9-34-39(32)41(55)48-44-45(19-2-1-3-20-45)31-11-10-29(26-36(31)51(34)44)28-17-22-49(23-18-28)21-14-27-15-24-50(25-16-27)33-8-4-6-30-38(33)43(57)52(42(30)56)35-12-13-37(53)47-40(35)54/h4-11,26-28,35H,1-3,12-25H2,(H,47,53,54). The molecule has 1 atom stereocenters. The lowest BCUT2D eigenvalue weighted by molar-refractivity contribution is -0.136. The number of hydrogen-bond acceptors (Lipinski definition) is 8. The summed E-state index contributed by atoms with van der Waals surface area (Å²) in [7, 11) is 0. The highest BCUT2D eigenvalue weighted by molar-refractivity contribution is 6.35. The molecule has 3 saturated heterocycles. The number of imide groups is 2. The fourth-order valence-corrected chi connectivity index (χ4v) is 11.3. The van der Waals surface area contributed by atoms with Crippen LogP contribution in [-0.2, 0) is 15.0 Å². The first kappa shape index (κ1) is 36.5. The molecule has 1 aromatic heterocycles. The number of carbonyl (C=O) groups excluding carboxylic acids is 4. The molecule has 5 aliphatic heterocycles. The van der Waals surface area contributed by atoms with E-state index in [0.717, 1.165) is 112 Å². The summed E-state index contributed by atoms with van der Waals surface area (Å²) in [5.41, 5.74) is 5.70. The van der Waals surface area contributed by atoms with Crippen LogP contribution in [0.1, 0.15) is 121 Å². The number of carbonyl (C=O) groups is 4. The average molecular weight is 787 g/mol. The number of anilines is 1. The van der Waals surface area contributed by atoms with Crippen LogP contribution >= 0.6 is 11.6 Å². The number of piperidine rings is 3. The Kier molecular flexibility index (Phi) is 9.08. The Hall–Kier alpha value is -4.87. The van der Waals surface area contributed by atoms with Gasteiger partial charge in [0.05, 0.1) is 43.8 Å². The van der Waals surface area contributed by atoms with Crippen LogP contribution < -0.4 is 15.8 Å². The van der Waals surface area contributed by atoms with Gasteiger partial charge in [-0.25, -0.2) is 0 Å². The fraction of sp³-hybridized carbons (Fsp3) is 0.467. The van der Waals surface area contributed by atoms with E-state index in [4.69, 9.17) is 16.6 Å². The molecule has 3 aromatic carbocycles. The maximum Gasteiger partial charge on any atom is 0.282 e. The second kappa shape index (κ2) is 14.2.